The molecule has 7 heteroatoms. The van der Waals surface area contributed by atoms with Crippen LogP contribution in [0, 0.1) is 0 Å². The summed E-state index contributed by atoms with van der Waals surface area (Å²) < 4.78 is 5.82. The predicted molar refractivity (Wildman–Crippen MR) is 66.2 cm³/mol. The molecule has 0 saturated carbocycles. The van der Waals surface area contributed by atoms with E-state index in [2.05, 4.69) is 25.9 Å². The second-order valence-corrected chi connectivity index (χ2v) is 4.26. The molecule has 6 nitrogen and oxygen atoms in total. The topological polar surface area (TPSA) is 98.1 Å². The van der Waals surface area contributed by atoms with Crippen molar-refractivity contribution < 1.29 is 14.3 Å². The molecular formula is C11H8BrN3O3. The Kier molecular flexibility index (Phi) is 3.42. The van der Waals surface area contributed by atoms with E-state index < -0.39 is 11.9 Å². The van der Waals surface area contributed by atoms with Gasteiger partial charge in [0, 0.05) is 4.47 Å². The number of imidazole rings is 1. The second-order valence-electron chi connectivity index (χ2n) is 3.34. The summed E-state index contributed by atoms with van der Waals surface area (Å²) in [6.07, 6.45) is 1.23. The fourth-order valence-electron chi connectivity index (χ4n) is 1.27. The summed E-state index contributed by atoms with van der Waals surface area (Å²) in [6, 6.07) is 6.58. The first-order chi connectivity index (χ1) is 8.58. The van der Waals surface area contributed by atoms with E-state index in [0.717, 1.165) is 4.47 Å². The van der Waals surface area contributed by atoms with Gasteiger partial charge in [-0.3, -0.25) is 4.79 Å². The average molecular weight is 310 g/mol. The molecular weight excluding hydrogens is 302 g/mol. The molecule has 1 amide bonds. The number of hydrogen-bond donors (Lipinski definition) is 2. The number of H-pyrrole nitrogens is 1. The molecule has 0 spiro atoms. The van der Waals surface area contributed by atoms with E-state index in [4.69, 9.17) is 10.5 Å². The van der Waals surface area contributed by atoms with Gasteiger partial charge < -0.3 is 15.5 Å². The first-order valence-electron chi connectivity index (χ1n) is 4.89. The number of nitrogens with two attached hydrogens (primary N) is 1. The fraction of sp³-hybridized carbons (Fsp3) is 0. The number of hydrogen-bond acceptors (Lipinski definition) is 4. The molecule has 18 heavy (non-hydrogen) atoms. The van der Waals surface area contributed by atoms with Crippen LogP contribution in [0.4, 0.5) is 0 Å². The molecule has 1 heterocycles. The minimum Gasteiger partial charge on any atom is -0.401 e. The number of carbonyl (C=O) groups is 2. The number of amides is 1. The normalized spacial score (nSPS) is 10.1. The van der Waals surface area contributed by atoms with Crippen molar-refractivity contribution in [1.29, 1.82) is 0 Å². The number of benzene rings is 1. The maximum absolute atomic E-state index is 11.8. The summed E-state index contributed by atoms with van der Waals surface area (Å²) >= 11 is 3.26. The maximum Gasteiger partial charge on any atom is 0.344 e. The maximum atomic E-state index is 11.8. The van der Waals surface area contributed by atoms with Gasteiger partial charge >= 0.3 is 5.97 Å². The molecule has 0 radical (unpaired) electrons. The first kappa shape index (κ1) is 12.3. The minimum atomic E-state index is -0.744. The highest BCUT2D eigenvalue weighted by atomic mass is 79.9. The van der Waals surface area contributed by atoms with Crippen LogP contribution in [0.1, 0.15) is 20.8 Å². The quantitative estimate of drug-likeness (QED) is 0.839. The third-order valence-corrected chi connectivity index (χ3v) is 2.65. The molecule has 0 unspecified atom stereocenters. The van der Waals surface area contributed by atoms with Crippen LogP contribution in [0.25, 0.3) is 0 Å². The van der Waals surface area contributed by atoms with Crippen molar-refractivity contribution in [2.75, 3.05) is 0 Å². The second kappa shape index (κ2) is 5.01. The van der Waals surface area contributed by atoms with Gasteiger partial charge in [0.1, 0.15) is 0 Å². The molecule has 92 valence electrons. The minimum absolute atomic E-state index is 0.0412. The van der Waals surface area contributed by atoms with Gasteiger partial charge in [-0.25, -0.2) is 9.78 Å². The highest BCUT2D eigenvalue weighted by Crippen LogP contribution is 2.15. The van der Waals surface area contributed by atoms with E-state index in [-0.39, 0.29) is 11.6 Å². The zero-order chi connectivity index (χ0) is 13.1. The molecule has 3 N–H and O–H groups in total. The lowest BCUT2D eigenvalue weighted by molar-refractivity contribution is 0.0726. The third-order valence-electron chi connectivity index (χ3n) is 2.12. The van der Waals surface area contributed by atoms with E-state index in [9.17, 15) is 9.59 Å². The number of nitrogens with one attached hydrogen (secondary N) is 1. The summed E-state index contributed by atoms with van der Waals surface area (Å²) in [7, 11) is 0. The lowest BCUT2D eigenvalue weighted by Crippen LogP contribution is -2.16. The van der Waals surface area contributed by atoms with Crippen LogP contribution in [0.2, 0.25) is 0 Å². The molecule has 2 rings (SSSR count). The molecule has 2 aromatic rings. The number of carbonyl (C=O) groups excluding carboxylic acids is 2. The molecule has 0 aliphatic carbocycles. The van der Waals surface area contributed by atoms with E-state index >= 15 is 0 Å². The number of aromatic nitrogens is 2. The summed E-state index contributed by atoms with van der Waals surface area (Å²) in [5.41, 5.74) is 5.39. The molecule has 0 aliphatic heterocycles. The van der Waals surface area contributed by atoms with E-state index in [1.807, 2.05) is 0 Å². The molecule has 0 fully saturated rings. The standard InChI is InChI=1S/C11H8BrN3O3/c12-7-3-1-6(2-4-7)11(17)18-10-8(9(13)16)14-5-15-10/h1-5H,(H2,13,16)(H,14,15). The van der Waals surface area contributed by atoms with Gasteiger partial charge in [0.15, 0.2) is 5.69 Å². The highest BCUT2D eigenvalue weighted by Gasteiger charge is 2.17. The van der Waals surface area contributed by atoms with Crippen molar-refractivity contribution in [3.8, 4) is 5.88 Å². The van der Waals surface area contributed by atoms with E-state index in [1.165, 1.54) is 6.33 Å². The molecule has 0 saturated heterocycles. The third kappa shape index (κ3) is 2.57. The summed E-state index contributed by atoms with van der Waals surface area (Å²) in [5, 5.41) is 0. The van der Waals surface area contributed by atoms with Gasteiger partial charge in [-0.15, -0.1) is 0 Å². The van der Waals surface area contributed by atoms with Crippen LogP contribution < -0.4 is 10.5 Å². The Morgan fingerprint density at radius 1 is 1.28 bits per heavy atom. The van der Waals surface area contributed by atoms with Crippen molar-refractivity contribution in [3.63, 3.8) is 0 Å². The number of aromatic amines is 1. The average Bonchev–Trinajstić information content (AvgIpc) is 2.78. The summed E-state index contributed by atoms with van der Waals surface area (Å²) in [5.74, 6) is -1.49. The van der Waals surface area contributed by atoms with Gasteiger partial charge in [0.25, 0.3) is 11.8 Å². The number of primary amides is 1. The molecule has 1 aromatic carbocycles. The molecule has 0 atom stereocenters. The van der Waals surface area contributed by atoms with Crippen LogP contribution in [-0.2, 0) is 0 Å². The fourth-order valence-corrected chi connectivity index (χ4v) is 1.53. The lowest BCUT2D eigenvalue weighted by atomic mass is 10.2. The van der Waals surface area contributed by atoms with Crippen LogP contribution in [0.3, 0.4) is 0 Å². The Bertz CT molecular complexity index is 592. The van der Waals surface area contributed by atoms with Gasteiger partial charge in [-0.2, -0.15) is 0 Å². The van der Waals surface area contributed by atoms with E-state index in [1.54, 1.807) is 24.3 Å². The highest BCUT2D eigenvalue weighted by molar-refractivity contribution is 9.10. The Hall–Kier alpha value is -2.15. The van der Waals surface area contributed by atoms with Crippen LogP contribution >= 0.6 is 15.9 Å². The van der Waals surface area contributed by atoms with Gasteiger partial charge in [-0.1, -0.05) is 15.9 Å². The van der Waals surface area contributed by atoms with E-state index in [0.29, 0.717) is 5.56 Å². The first-order valence-corrected chi connectivity index (χ1v) is 5.68. The molecule has 1 aromatic heterocycles. The van der Waals surface area contributed by atoms with Gasteiger partial charge in [0.05, 0.1) is 11.9 Å². The lowest BCUT2D eigenvalue weighted by Gasteiger charge is -2.02. The summed E-state index contributed by atoms with van der Waals surface area (Å²) in [6.45, 7) is 0. The molecule has 0 bridgehead atoms. The number of halogens is 1. The molecule has 0 aliphatic rings. The zero-order valence-corrected chi connectivity index (χ0v) is 10.6. The predicted octanol–water partition coefficient (Wildman–Crippen LogP) is 1.49. The number of esters is 1. The number of rotatable bonds is 3. The van der Waals surface area contributed by atoms with Crippen LogP contribution in [0.5, 0.6) is 5.88 Å². The van der Waals surface area contributed by atoms with Crippen molar-refractivity contribution in [1.82, 2.24) is 9.97 Å². The SMILES string of the molecule is NC(=O)c1[nH]cnc1OC(=O)c1ccc(Br)cc1. The Balaban J connectivity index is 2.19. The van der Waals surface area contributed by atoms with Crippen LogP contribution in [0.15, 0.2) is 35.1 Å². The van der Waals surface area contributed by atoms with Gasteiger partial charge in [0.2, 0.25) is 0 Å². The Morgan fingerprint density at radius 3 is 2.56 bits per heavy atom. The number of ether oxygens (including phenoxy) is 1. The zero-order valence-electron chi connectivity index (χ0n) is 9.01. The van der Waals surface area contributed by atoms with Crippen molar-refractivity contribution in [2.24, 2.45) is 5.73 Å². The Labute approximate surface area is 110 Å². The monoisotopic (exact) mass is 309 g/mol. The van der Waals surface area contributed by atoms with Gasteiger partial charge in [-0.05, 0) is 24.3 Å². The van der Waals surface area contributed by atoms with Crippen molar-refractivity contribution in [3.05, 3.63) is 46.3 Å². The van der Waals surface area contributed by atoms with Crippen molar-refractivity contribution >= 4 is 27.8 Å². The van der Waals surface area contributed by atoms with Crippen LogP contribution in [-0.4, -0.2) is 21.8 Å². The Morgan fingerprint density at radius 2 is 1.94 bits per heavy atom. The largest absolute Gasteiger partial charge is 0.401 e. The summed E-state index contributed by atoms with van der Waals surface area (Å²) in [4.78, 5) is 29.0. The number of nitrogens with zero attached hydrogens (tertiary/aromatic N) is 1. The smallest absolute Gasteiger partial charge is 0.344 e. The van der Waals surface area contributed by atoms with Crippen molar-refractivity contribution in [2.45, 2.75) is 0 Å².